The van der Waals surface area contributed by atoms with Crippen molar-refractivity contribution in [1.29, 1.82) is 0 Å². The predicted molar refractivity (Wildman–Crippen MR) is 142 cm³/mol. The number of benzene rings is 4. The first-order chi connectivity index (χ1) is 16.8. The molecule has 1 fully saturated rings. The molecular formula is C30H25BO4. The van der Waals surface area contributed by atoms with Gasteiger partial charge in [0.05, 0.1) is 11.2 Å². The molecule has 4 aromatic carbocycles. The van der Waals surface area contributed by atoms with Crippen molar-refractivity contribution in [2.75, 3.05) is 0 Å². The molecule has 35 heavy (non-hydrogen) atoms. The zero-order valence-corrected chi connectivity index (χ0v) is 20.2. The SMILES string of the molecule is CC1(C)OB(c2cccc3c2oc2c(-c4cccc5oc6ccccc6c45)cccc23)OC1(C)C. The fraction of sp³-hybridized carbons (Fsp3) is 0.200. The number of hydrogen-bond donors (Lipinski definition) is 0. The van der Waals surface area contributed by atoms with E-state index in [1.807, 2.05) is 36.4 Å². The quantitative estimate of drug-likeness (QED) is 0.252. The first-order valence-electron chi connectivity index (χ1n) is 12.0. The molecule has 0 saturated carbocycles. The first-order valence-corrected chi connectivity index (χ1v) is 12.0. The molecular weight excluding hydrogens is 435 g/mol. The molecule has 0 atom stereocenters. The van der Waals surface area contributed by atoms with Gasteiger partial charge >= 0.3 is 7.12 Å². The molecule has 2 aromatic heterocycles. The van der Waals surface area contributed by atoms with Crippen LogP contribution in [0.4, 0.5) is 0 Å². The van der Waals surface area contributed by atoms with Gasteiger partial charge in [-0.2, -0.15) is 0 Å². The van der Waals surface area contributed by atoms with Gasteiger partial charge in [-0.1, -0.05) is 66.7 Å². The summed E-state index contributed by atoms with van der Waals surface area (Å²) in [7, 11) is -0.492. The van der Waals surface area contributed by atoms with Crippen molar-refractivity contribution in [3.05, 3.63) is 78.9 Å². The molecule has 0 spiro atoms. The number of para-hydroxylation sites is 3. The Balaban J connectivity index is 1.48. The lowest BCUT2D eigenvalue weighted by molar-refractivity contribution is 0.00578. The van der Waals surface area contributed by atoms with Gasteiger partial charge in [-0.05, 0) is 45.4 Å². The Bertz CT molecular complexity index is 1760. The van der Waals surface area contributed by atoms with E-state index in [0.717, 1.165) is 60.5 Å². The maximum absolute atomic E-state index is 6.66. The number of fused-ring (bicyclic) bond motifs is 6. The van der Waals surface area contributed by atoms with Gasteiger partial charge in [0, 0.05) is 32.6 Å². The van der Waals surface area contributed by atoms with Crippen molar-refractivity contribution >= 4 is 56.5 Å². The summed E-state index contributed by atoms with van der Waals surface area (Å²) in [6.07, 6.45) is 0. The van der Waals surface area contributed by atoms with E-state index >= 15 is 0 Å². The standard InChI is InChI=1S/C30H25BO4/c1-29(2)30(3,4)35-31(34-29)23-15-8-14-21-20-13-7-12-19(27(20)33-28(21)23)18-11-9-17-25-26(18)22-10-5-6-16-24(22)32-25/h5-17H,1-4H3. The summed E-state index contributed by atoms with van der Waals surface area (Å²) in [5.41, 5.74) is 5.61. The molecule has 0 amide bonds. The van der Waals surface area contributed by atoms with Crippen molar-refractivity contribution in [2.45, 2.75) is 38.9 Å². The topological polar surface area (TPSA) is 44.7 Å². The highest BCUT2D eigenvalue weighted by Crippen LogP contribution is 2.42. The van der Waals surface area contributed by atoms with Gasteiger partial charge in [0.2, 0.25) is 0 Å². The Kier molecular flexibility index (Phi) is 4.16. The van der Waals surface area contributed by atoms with E-state index in [9.17, 15) is 0 Å². The fourth-order valence-corrected chi connectivity index (χ4v) is 5.21. The molecule has 0 N–H and O–H groups in total. The molecule has 172 valence electrons. The van der Waals surface area contributed by atoms with Gasteiger partial charge in [-0.3, -0.25) is 0 Å². The molecule has 0 radical (unpaired) electrons. The lowest BCUT2D eigenvalue weighted by atomic mass is 9.78. The Morgan fingerprint density at radius 3 is 1.94 bits per heavy atom. The summed E-state index contributed by atoms with van der Waals surface area (Å²) in [5.74, 6) is 0. The van der Waals surface area contributed by atoms with Crippen LogP contribution >= 0.6 is 0 Å². The van der Waals surface area contributed by atoms with Crippen LogP contribution in [0, 0.1) is 0 Å². The molecule has 0 bridgehead atoms. The molecule has 1 aliphatic heterocycles. The smallest absolute Gasteiger partial charge is 0.456 e. The maximum Gasteiger partial charge on any atom is 0.498 e. The minimum absolute atomic E-state index is 0.422. The monoisotopic (exact) mass is 460 g/mol. The van der Waals surface area contributed by atoms with Gasteiger partial charge in [0.1, 0.15) is 22.3 Å². The first kappa shape index (κ1) is 20.8. The highest BCUT2D eigenvalue weighted by atomic mass is 16.7. The van der Waals surface area contributed by atoms with Gasteiger partial charge < -0.3 is 18.1 Å². The van der Waals surface area contributed by atoms with Crippen LogP contribution in [0.25, 0.3) is 55.0 Å². The molecule has 6 aromatic rings. The summed E-state index contributed by atoms with van der Waals surface area (Å²) in [5, 5.41) is 4.32. The number of hydrogen-bond acceptors (Lipinski definition) is 4. The van der Waals surface area contributed by atoms with E-state index in [0.29, 0.717) is 0 Å². The molecule has 4 nitrogen and oxygen atoms in total. The minimum atomic E-state index is -0.492. The summed E-state index contributed by atoms with van der Waals surface area (Å²) in [6.45, 7) is 8.28. The Hall–Kier alpha value is -3.54. The summed E-state index contributed by atoms with van der Waals surface area (Å²) < 4.78 is 25.6. The molecule has 0 unspecified atom stereocenters. The zero-order valence-electron chi connectivity index (χ0n) is 20.2. The van der Waals surface area contributed by atoms with Crippen LogP contribution in [0.15, 0.2) is 87.7 Å². The number of furan rings is 2. The van der Waals surface area contributed by atoms with Crippen LogP contribution in [-0.2, 0) is 9.31 Å². The second-order valence-electron chi connectivity index (χ2n) is 10.4. The number of rotatable bonds is 2. The third kappa shape index (κ3) is 2.89. The maximum atomic E-state index is 6.66. The van der Waals surface area contributed by atoms with Crippen molar-refractivity contribution in [3.8, 4) is 11.1 Å². The van der Waals surface area contributed by atoms with Crippen LogP contribution in [-0.4, -0.2) is 18.3 Å². The molecule has 5 heteroatoms. The van der Waals surface area contributed by atoms with Gasteiger partial charge in [-0.25, -0.2) is 0 Å². The van der Waals surface area contributed by atoms with E-state index in [1.165, 1.54) is 0 Å². The normalized spacial score (nSPS) is 17.3. The molecule has 1 saturated heterocycles. The fourth-order valence-electron chi connectivity index (χ4n) is 5.21. The molecule has 7 rings (SSSR count). The Morgan fingerprint density at radius 2 is 1.14 bits per heavy atom. The average Bonchev–Trinajstić information content (AvgIpc) is 3.47. The molecule has 0 aliphatic carbocycles. The highest BCUT2D eigenvalue weighted by molar-refractivity contribution is 6.65. The van der Waals surface area contributed by atoms with Crippen LogP contribution in [0.5, 0.6) is 0 Å². The van der Waals surface area contributed by atoms with Crippen molar-refractivity contribution < 1.29 is 18.1 Å². The van der Waals surface area contributed by atoms with E-state index in [1.54, 1.807) is 0 Å². The van der Waals surface area contributed by atoms with E-state index in [2.05, 4.69) is 70.2 Å². The van der Waals surface area contributed by atoms with Crippen molar-refractivity contribution in [2.24, 2.45) is 0 Å². The average molecular weight is 460 g/mol. The Labute approximate surface area is 203 Å². The predicted octanol–water partition coefficient (Wildman–Crippen LogP) is 7.45. The second-order valence-corrected chi connectivity index (χ2v) is 10.4. The summed E-state index contributed by atoms with van der Waals surface area (Å²) in [6, 6.07) is 26.9. The summed E-state index contributed by atoms with van der Waals surface area (Å²) in [4.78, 5) is 0. The lowest BCUT2D eigenvalue weighted by Crippen LogP contribution is -2.41. The highest BCUT2D eigenvalue weighted by Gasteiger charge is 2.52. The van der Waals surface area contributed by atoms with Gasteiger partial charge in [-0.15, -0.1) is 0 Å². The zero-order chi connectivity index (χ0) is 23.9. The van der Waals surface area contributed by atoms with Crippen LogP contribution < -0.4 is 5.46 Å². The minimum Gasteiger partial charge on any atom is -0.456 e. The summed E-state index contributed by atoms with van der Waals surface area (Å²) >= 11 is 0. The van der Waals surface area contributed by atoms with Gasteiger partial charge in [0.15, 0.2) is 0 Å². The second kappa shape index (κ2) is 7.00. The Morgan fingerprint density at radius 1 is 0.543 bits per heavy atom. The van der Waals surface area contributed by atoms with Crippen LogP contribution in [0.2, 0.25) is 0 Å². The van der Waals surface area contributed by atoms with E-state index < -0.39 is 18.3 Å². The van der Waals surface area contributed by atoms with E-state index in [-0.39, 0.29) is 0 Å². The van der Waals surface area contributed by atoms with E-state index in [4.69, 9.17) is 18.1 Å². The van der Waals surface area contributed by atoms with Crippen LogP contribution in [0.1, 0.15) is 27.7 Å². The van der Waals surface area contributed by atoms with Gasteiger partial charge in [0.25, 0.3) is 0 Å². The third-order valence-electron chi connectivity index (χ3n) is 7.75. The third-order valence-corrected chi connectivity index (χ3v) is 7.75. The molecule has 3 heterocycles. The van der Waals surface area contributed by atoms with Crippen molar-refractivity contribution in [1.82, 2.24) is 0 Å². The van der Waals surface area contributed by atoms with Crippen molar-refractivity contribution in [3.63, 3.8) is 0 Å². The largest absolute Gasteiger partial charge is 0.498 e. The lowest BCUT2D eigenvalue weighted by Gasteiger charge is -2.32. The molecule has 1 aliphatic rings. The van der Waals surface area contributed by atoms with Crippen LogP contribution in [0.3, 0.4) is 0 Å².